The highest BCUT2D eigenvalue weighted by Gasteiger charge is 2.36. The van der Waals surface area contributed by atoms with Gasteiger partial charge in [-0.25, -0.2) is 0 Å². The molecule has 0 spiro atoms. The molecule has 0 saturated carbocycles. The number of allylic oxidation sites excluding steroid dienone is 1. The second-order valence-electron chi connectivity index (χ2n) is 8.08. The second-order valence-corrected chi connectivity index (χ2v) is 8.08. The van der Waals surface area contributed by atoms with E-state index in [1.807, 2.05) is 55.5 Å². The van der Waals surface area contributed by atoms with Crippen molar-refractivity contribution in [1.29, 1.82) is 0 Å². The Morgan fingerprint density at radius 1 is 0.871 bits per heavy atom. The van der Waals surface area contributed by atoms with Gasteiger partial charge in [-0.2, -0.15) is 0 Å². The first-order chi connectivity index (χ1) is 15.2. The van der Waals surface area contributed by atoms with Crippen LogP contribution in [0.15, 0.2) is 90.1 Å². The summed E-state index contributed by atoms with van der Waals surface area (Å²) < 4.78 is 5.73. The van der Waals surface area contributed by atoms with Crippen LogP contribution in [-0.2, 0) is 4.79 Å². The lowest BCUT2D eigenvalue weighted by molar-refractivity contribution is -0.116. The molecule has 31 heavy (non-hydrogen) atoms. The topological polar surface area (TPSA) is 50.4 Å². The number of hydrogen-bond acceptors (Lipinski definition) is 4. The van der Waals surface area contributed by atoms with Crippen LogP contribution in [0.2, 0.25) is 0 Å². The van der Waals surface area contributed by atoms with Crippen molar-refractivity contribution in [2.45, 2.75) is 31.7 Å². The van der Waals surface area contributed by atoms with Gasteiger partial charge in [-0.15, -0.1) is 0 Å². The van der Waals surface area contributed by atoms with Crippen molar-refractivity contribution >= 4 is 17.2 Å². The molecule has 4 heteroatoms. The monoisotopic (exact) mass is 410 g/mol. The minimum atomic E-state index is -0.226. The summed E-state index contributed by atoms with van der Waals surface area (Å²) in [5.41, 5.74) is 6.08. The molecular formula is C27H26N2O2. The Labute approximate surface area is 183 Å². The van der Waals surface area contributed by atoms with Crippen molar-refractivity contribution in [2.24, 2.45) is 0 Å². The van der Waals surface area contributed by atoms with Crippen LogP contribution in [0.4, 0.5) is 11.4 Å². The first-order valence-corrected chi connectivity index (χ1v) is 10.9. The molecule has 0 saturated heterocycles. The van der Waals surface area contributed by atoms with E-state index in [-0.39, 0.29) is 17.7 Å². The van der Waals surface area contributed by atoms with E-state index in [1.165, 1.54) is 5.56 Å². The van der Waals surface area contributed by atoms with E-state index in [2.05, 4.69) is 41.0 Å². The molecule has 1 heterocycles. The molecular weight excluding hydrogens is 384 g/mol. The summed E-state index contributed by atoms with van der Waals surface area (Å²) in [6, 6.07) is 26.3. The predicted molar refractivity (Wildman–Crippen MR) is 124 cm³/mol. The Bertz CT molecular complexity index is 1140. The lowest BCUT2D eigenvalue weighted by Crippen LogP contribution is -2.26. The van der Waals surface area contributed by atoms with Gasteiger partial charge in [-0.05, 0) is 54.7 Å². The Kier molecular flexibility index (Phi) is 5.21. The van der Waals surface area contributed by atoms with Crippen molar-refractivity contribution in [3.05, 3.63) is 101 Å². The molecule has 0 bridgehead atoms. The zero-order valence-corrected chi connectivity index (χ0v) is 17.6. The van der Waals surface area contributed by atoms with E-state index in [0.29, 0.717) is 13.0 Å². The summed E-state index contributed by atoms with van der Waals surface area (Å²) in [4.78, 5) is 13.5. The van der Waals surface area contributed by atoms with Crippen LogP contribution in [-0.4, -0.2) is 12.4 Å². The lowest BCUT2D eigenvalue weighted by Gasteiger charge is -2.30. The van der Waals surface area contributed by atoms with Gasteiger partial charge >= 0.3 is 0 Å². The maximum Gasteiger partial charge on any atom is 0.163 e. The molecule has 2 N–H and O–H groups in total. The van der Waals surface area contributed by atoms with Gasteiger partial charge in [-0.3, -0.25) is 4.79 Å². The van der Waals surface area contributed by atoms with Crippen molar-refractivity contribution in [2.75, 3.05) is 17.2 Å². The van der Waals surface area contributed by atoms with Crippen molar-refractivity contribution in [3.63, 3.8) is 0 Å². The van der Waals surface area contributed by atoms with Crippen LogP contribution in [0.5, 0.6) is 5.75 Å². The number of rotatable bonds is 4. The van der Waals surface area contributed by atoms with E-state index in [9.17, 15) is 4.79 Å². The Balaban J connectivity index is 1.60. The largest absolute Gasteiger partial charge is 0.494 e. The third kappa shape index (κ3) is 3.81. The molecule has 5 rings (SSSR count). The number of carbonyl (C=O) groups excluding carboxylic acids is 1. The Morgan fingerprint density at radius 3 is 2.42 bits per heavy atom. The maximum atomic E-state index is 13.5. The molecule has 1 aliphatic heterocycles. The number of carbonyl (C=O) groups is 1. The van der Waals surface area contributed by atoms with Crippen LogP contribution in [0.1, 0.15) is 42.9 Å². The van der Waals surface area contributed by atoms with Crippen molar-refractivity contribution < 1.29 is 9.53 Å². The summed E-state index contributed by atoms with van der Waals surface area (Å²) in [5, 5.41) is 7.23. The quantitative estimate of drug-likeness (QED) is 0.548. The van der Waals surface area contributed by atoms with Gasteiger partial charge in [0.05, 0.1) is 24.0 Å². The fourth-order valence-electron chi connectivity index (χ4n) is 4.65. The molecule has 3 aromatic rings. The molecule has 2 atom stereocenters. The minimum Gasteiger partial charge on any atom is -0.494 e. The van der Waals surface area contributed by atoms with E-state index < -0.39 is 0 Å². The van der Waals surface area contributed by atoms with Crippen LogP contribution in [0, 0.1) is 0 Å². The summed E-state index contributed by atoms with van der Waals surface area (Å²) >= 11 is 0. The van der Waals surface area contributed by atoms with Gasteiger partial charge < -0.3 is 15.4 Å². The van der Waals surface area contributed by atoms with E-state index >= 15 is 0 Å². The summed E-state index contributed by atoms with van der Waals surface area (Å²) in [6.07, 6.45) is 1.33. The summed E-state index contributed by atoms with van der Waals surface area (Å²) in [6.45, 7) is 2.59. The van der Waals surface area contributed by atoms with Crippen LogP contribution < -0.4 is 15.4 Å². The zero-order chi connectivity index (χ0) is 21.2. The van der Waals surface area contributed by atoms with Gasteiger partial charge in [0.25, 0.3) is 0 Å². The molecule has 4 nitrogen and oxygen atoms in total. The van der Waals surface area contributed by atoms with E-state index in [1.54, 1.807) is 0 Å². The molecule has 2 aliphatic rings. The van der Waals surface area contributed by atoms with Crippen molar-refractivity contribution in [1.82, 2.24) is 0 Å². The smallest absolute Gasteiger partial charge is 0.163 e. The molecule has 0 radical (unpaired) electrons. The maximum absolute atomic E-state index is 13.5. The number of nitrogens with one attached hydrogen (secondary N) is 2. The molecule has 156 valence electrons. The number of benzene rings is 3. The molecule has 0 fully saturated rings. The lowest BCUT2D eigenvalue weighted by atomic mass is 9.78. The number of ether oxygens (including phenoxy) is 1. The fraction of sp³-hybridized carbons (Fsp3) is 0.222. The zero-order valence-electron chi connectivity index (χ0n) is 17.6. The number of ketones is 1. The van der Waals surface area contributed by atoms with Crippen molar-refractivity contribution in [3.8, 4) is 5.75 Å². The molecule has 1 aliphatic carbocycles. The number of para-hydroxylation sites is 2. The van der Waals surface area contributed by atoms with Gasteiger partial charge in [0.1, 0.15) is 5.75 Å². The van der Waals surface area contributed by atoms with Gasteiger partial charge in [-0.1, -0.05) is 54.6 Å². The highest BCUT2D eigenvalue weighted by Crippen LogP contribution is 2.44. The molecule has 2 unspecified atom stereocenters. The third-order valence-electron chi connectivity index (χ3n) is 6.08. The normalized spacial score (nSPS) is 20.1. The molecule has 0 aromatic heterocycles. The Hall–Kier alpha value is -3.53. The molecule has 0 amide bonds. The minimum absolute atomic E-state index is 0.181. The highest BCUT2D eigenvalue weighted by molar-refractivity contribution is 6.01. The van der Waals surface area contributed by atoms with Gasteiger partial charge in [0.15, 0.2) is 5.78 Å². The van der Waals surface area contributed by atoms with Gasteiger partial charge in [0, 0.05) is 17.7 Å². The number of Topliss-reactive ketones (excluding diaryl/α,β-unsaturated/α-hetero) is 1. The predicted octanol–water partition coefficient (Wildman–Crippen LogP) is 6.06. The van der Waals surface area contributed by atoms with E-state index in [4.69, 9.17) is 4.74 Å². The first kappa shape index (κ1) is 19.4. The van der Waals surface area contributed by atoms with Crippen LogP contribution in [0.25, 0.3) is 0 Å². The SMILES string of the molecule is CCOc1cccc(C2Nc3ccccc3NC3=C2C(=O)CC(c2ccccc2)C3)c1. The highest BCUT2D eigenvalue weighted by atomic mass is 16.5. The van der Waals surface area contributed by atoms with E-state index in [0.717, 1.165) is 40.4 Å². The second kappa shape index (κ2) is 8.31. The van der Waals surface area contributed by atoms with Crippen LogP contribution >= 0.6 is 0 Å². The fourth-order valence-corrected chi connectivity index (χ4v) is 4.65. The third-order valence-corrected chi connectivity index (χ3v) is 6.08. The number of hydrogen-bond donors (Lipinski definition) is 2. The summed E-state index contributed by atoms with van der Waals surface area (Å²) in [7, 11) is 0. The van der Waals surface area contributed by atoms with Crippen LogP contribution in [0.3, 0.4) is 0 Å². The standard InChI is InChI=1S/C27H26N2O2/c1-2-31-21-12-8-11-19(15-21)27-26-24(28-22-13-6-7-14-23(22)29-27)16-20(17-25(26)30)18-9-4-3-5-10-18/h3-15,20,27-29H,2,16-17H2,1H3. The Morgan fingerprint density at radius 2 is 1.61 bits per heavy atom. The molecule has 3 aromatic carbocycles. The average Bonchev–Trinajstić information content (AvgIpc) is 2.97. The number of fused-ring (bicyclic) bond motifs is 1. The first-order valence-electron chi connectivity index (χ1n) is 10.9. The number of anilines is 2. The average molecular weight is 411 g/mol. The summed E-state index contributed by atoms with van der Waals surface area (Å²) in [5.74, 6) is 1.19. The van der Waals surface area contributed by atoms with Gasteiger partial charge in [0.2, 0.25) is 0 Å².